The van der Waals surface area contributed by atoms with Crippen LogP contribution in [0.4, 0.5) is 0 Å². The third-order valence-electron chi connectivity index (χ3n) is 1.27. The van der Waals surface area contributed by atoms with Crippen molar-refractivity contribution in [2.24, 2.45) is 0 Å². The van der Waals surface area contributed by atoms with Crippen LogP contribution in [0, 0.1) is 0 Å². The summed E-state index contributed by atoms with van der Waals surface area (Å²) >= 11 is 5.92. The van der Waals surface area contributed by atoms with Gasteiger partial charge < -0.3 is 12.4 Å². The van der Waals surface area contributed by atoms with Crippen LogP contribution in [-0.2, 0) is 0 Å². The van der Waals surface area contributed by atoms with Crippen molar-refractivity contribution in [3.8, 4) is 0 Å². The Labute approximate surface area is 83.3 Å². The summed E-state index contributed by atoms with van der Waals surface area (Å²) in [7, 11) is 3.77. The lowest BCUT2D eigenvalue weighted by atomic mass is 10.4. The van der Waals surface area contributed by atoms with E-state index >= 15 is 0 Å². The smallest absolute Gasteiger partial charge is 0.295 e. The molecule has 1 aromatic rings. The molecule has 0 aliphatic rings. The predicted molar refractivity (Wildman–Crippen MR) is 46.3 cm³/mol. The minimum atomic E-state index is 0. The van der Waals surface area contributed by atoms with E-state index in [4.69, 9.17) is 11.6 Å². The Hall–Kier alpha value is -0.600. The zero-order valence-corrected chi connectivity index (χ0v) is 8.47. The number of rotatable bonds is 1. The third-order valence-corrected chi connectivity index (χ3v) is 1.80. The molecule has 0 aromatic carbocycles. The molecule has 66 valence electrons. The average molecular weight is 205 g/mol. The minimum Gasteiger partial charge on any atom is -1.00 e. The lowest BCUT2D eigenvalue weighted by Crippen LogP contribution is -3.00. The number of nitrogens with zero attached hydrogens (tertiary/aromatic N) is 2. The number of hydrogen-bond donors (Lipinski definition) is 0. The summed E-state index contributed by atoms with van der Waals surface area (Å²) in [5, 5.41) is 0.658. The first-order valence-corrected chi connectivity index (χ1v) is 3.71. The van der Waals surface area contributed by atoms with Crippen molar-refractivity contribution < 1.29 is 17.0 Å². The van der Waals surface area contributed by atoms with Crippen LogP contribution in [0.15, 0.2) is 24.4 Å². The van der Waals surface area contributed by atoms with Gasteiger partial charge in [0.25, 0.3) is 5.17 Å². The Bertz CT molecular complexity index is 266. The van der Waals surface area contributed by atoms with Crippen LogP contribution in [0.5, 0.6) is 0 Å². The van der Waals surface area contributed by atoms with Gasteiger partial charge >= 0.3 is 0 Å². The first-order chi connectivity index (χ1) is 5.22. The molecule has 1 heterocycles. The molecule has 1 rings (SSSR count). The van der Waals surface area contributed by atoms with Gasteiger partial charge in [0.1, 0.15) is 19.8 Å². The van der Waals surface area contributed by atoms with Gasteiger partial charge in [0.15, 0.2) is 0 Å². The summed E-state index contributed by atoms with van der Waals surface area (Å²) in [6.07, 6.45) is 1.72. The number of halogens is 2. The molecule has 0 saturated carbocycles. The molecule has 0 atom stereocenters. The molecule has 0 bridgehead atoms. The first-order valence-electron chi connectivity index (χ1n) is 3.33. The molecule has 0 radical (unpaired) electrons. The Kier molecular flexibility index (Phi) is 4.86. The molecule has 12 heavy (non-hydrogen) atoms. The maximum absolute atomic E-state index is 5.92. The van der Waals surface area contributed by atoms with E-state index in [0.29, 0.717) is 5.17 Å². The zero-order chi connectivity index (χ0) is 8.27. The highest BCUT2D eigenvalue weighted by Gasteiger charge is 2.06. The fourth-order valence-electron chi connectivity index (χ4n) is 0.714. The van der Waals surface area contributed by atoms with Gasteiger partial charge in [0.2, 0.25) is 0 Å². The Morgan fingerprint density at radius 2 is 2.08 bits per heavy atom. The molecule has 4 heteroatoms. The Morgan fingerprint density at radius 3 is 2.50 bits per heavy atom. The molecule has 0 saturated heterocycles. The van der Waals surface area contributed by atoms with Crippen LogP contribution >= 0.6 is 11.6 Å². The van der Waals surface area contributed by atoms with Crippen LogP contribution in [0.25, 0.3) is 0 Å². The van der Waals surface area contributed by atoms with Gasteiger partial charge in [-0.3, -0.25) is 0 Å². The van der Waals surface area contributed by atoms with Gasteiger partial charge in [-0.2, -0.15) is 0 Å². The number of pyridine rings is 1. The van der Waals surface area contributed by atoms with Crippen LogP contribution in [0.2, 0.25) is 0 Å². The lowest BCUT2D eigenvalue weighted by Gasteiger charge is -1.92. The van der Waals surface area contributed by atoms with E-state index in [1.807, 2.05) is 36.9 Å². The molecule has 0 unspecified atom stereocenters. The van der Waals surface area contributed by atoms with Gasteiger partial charge in [-0.05, 0) is 23.7 Å². The summed E-state index contributed by atoms with van der Waals surface area (Å²) in [4.78, 5) is 4.09. The van der Waals surface area contributed by atoms with Crippen molar-refractivity contribution in [2.45, 2.75) is 0 Å². The highest BCUT2D eigenvalue weighted by molar-refractivity contribution is 6.67. The van der Waals surface area contributed by atoms with E-state index < -0.39 is 0 Å². The van der Waals surface area contributed by atoms with E-state index in [0.717, 1.165) is 5.69 Å². The summed E-state index contributed by atoms with van der Waals surface area (Å²) < 4.78 is 1.82. The normalized spacial score (nSPS) is 8.58. The number of hydrogen-bond acceptors (Lipinski definition) is 1. The predicted octanol–water partition coefficient (Wildman–Crippen LogP) is -1.66. The van der Waals surface area contributed by atoms with Crippen LogP contribution in [-0.4, -0.2) is 28.8 Å². The lowest BCUT2D eigenvalue weighted by molar-refractivity contribution is -0.461. The van der Waals surface area contributed by atoms with E-state index in [1.54, 1.807) is 6.20 Å². The van der Waals surface area contributed by atoms with Gasteiger partial charge in [-0.25, -0.2) is 9.56 Å². The standard InChI is InChI=1S/C8H10ClN2.ClH/c1-11(2)8(9)7-5-3-4-6-10-7;/h3-6H,1-2H3;1H/q+1;/p-1. The van der Waals surface area contributed by atoms with E-state index in [-0.39, 0.29) is 12.4 Å². The second kappa shape index (κ2) is 5.12. The first kappa shape index (κ1) is 11.4. The second-order valence-corrected chi connectivity index (χ2v) is 2.76. The molecule has 2 nitrogen and oxygen atoms in total. The largest absolute Gasteiger partial charge is 1.00 e. The van der Waals surface area contributed by atoms with Crippen molar-refractivity contribution in [1.82, 2.24) is 4.98 Å². The van der Waals surface area contributed by atoms with E-state index in [2.05, 4.69) is 4.98 Å². The Morgan fingerprint density at radius 1 is 1.42 bits per heavy atom. The van der Waals surface area contributed by atoms with Crippen LogP contribution in [0.1, 0.15) is 5.69 Å². The molecule has 0 spiro atoms. The highest BCUT2D eigenvalue weighted by Crippen LogP contribution is 1.98. The number of aromatic nitrogens is 1. The SMILES string of the molecule is C[N+](C)=C(Cl)c1ccccn1.[Cl-]. The average Bonchev–Trinajstić information content (AvgIpc) is 2.05. The third kappa shape index (κ3) is 2.80. The van der Waals surface area contributed by atoms with Crippen molar-refractivity contribution in [3.05, 3.63) is 30.1 Å². The van der Waals surface area contributed by atoms with Gasteiger partial charge in [0, 0.05) is 6.20 Å². The van der Waals surface area contributed by atoms with Gasteiger partial charge in [-0.1, -0.05) is 6.07 Å². The van der Waals surface area contributed by atoms with Crippen molar-refractivity contribution in [3.63, 3.8) is 0 Å². The molecule has 0 aliphatic heterocycles. The fourth-order valence-corrected chi connectivity index (χ4v) is 0.826. The molecular formula is C8H10Cl2N2. The van der Waals surface area contributed by atoms with Crippen LogP contribution in [0.3, 0.4) is 0 Å². The quantitative estimate of drug-likeness (QED) is 0.396. The Balaban J connectivity index is 0.00000121. The maximum Gasteiger partial charge on any atom is 0.295 e. The summed E-state index contributed by atoms with van der Waals surface area (Å²) in [6, 6.07) is 5.65. The summed E-state index contributed by atoms with van der Waals surface area (Å²) in [6.45, 7) is 0. The molecule has 0 fully saturated rings. The van der Waals surface area contributed by atoms with Crippen LogP contribution < -0.4 is 12.4 Å². The maximum atomic E-state index is 5.92. The summed E-state index contributed by atoms with van der Waals surface area (Å²) in [5.74, 6) is 0. The van der Waals surface area contributed by atoms with E-state index in [1.165, 1.54) is 0 Å². The van der Waals surface area contributed by atoms with Gasteiger partial charge in [0.05, 0.1) is 0 Å². The monoisotopic (exact) mass is 204 g/mol. The molecule has 1 aromatic heterocycles. The molecule has 0 aliphatic carbocycles. The second-order valence-electron chi connectivity index (χ2n) is 2.40. The minimum absolute atomic E-state index is 0. The summed E-state index contributed by atoms with van der Waals surface area (Å²) in [5.41, 5.74) is 0.805. The molecular weight excluding hydrogens is 195 g/mol. The highest BCUT2D eigenvalue weighted by atomic mass is 35.5. The van der Waals surface area contributed by atoms with Gasteiger partial charge in [-0.15, -0.1) is 0 Å². The topological polar surface area (TPSA) is 15.9 Å². The van der Waals surface area contributed by atoms with Crippen molar-refractivity contribution in [2.75, 3.05) is 14.1 Å². The van der Waals surface area contributed by atoms with E-state index in [9.17, 15) is 0 Å². The fraction of sp³-hybridized carbons (Fsp3) is 0.250. The molecule has 0 amide bonds. The van der Waals surface area contributed by atoms with Crippen molar-refractivity contribution >= 4 is 16.8 Å². The zero-order valence-electron chi connectivity index (χ0n) is 6.96. The molecule has 0 N–H and O–H groups in total. The van der Waals surface area contributed by atoms with Crippen molar-refractivity contribution in [1.29, 1.82) is 0 Å².